The van der Waals surface area contributed by atoms with Gasteiger partial charge in [0.05, 0.1) is 28.7 Å². The summed E-state index contributed by atoms with van der Waals surface area (Å²) in [4.78, 5) is 17.8. The first-order valence-electron chi connectivity index (χ1n) is 6.91. The lowest BCUT2D eigenvalue weighted by molar-refractivity contribution is -0.121. The van der Waals surface area contributed by atoms with Crippen molar-refractivity contribution in [2.24, 2.45) is 10.3 Å². The Hall–Kier alpha value is -2.44. The van der Waals surface area contributed by atoms with E-state index in [4.69, 9.17) is 16.9 Å². The number of carbonyl (C=O) groups excluding carboxylic acids is 1. The third-order valence-electron chi connectivity index (χ3n) is 3.26. The number of aromatic nitrogens is 3. The molecule has 0 saturated carbocycles. The Labute approximate surface area is 145 Å². The van der Waals surface area contributed by atoms with Gasteiger partial charge in [0.15, 0.2) is 5.15 Å². The van der Waals surface area contributed by atoms with Crippen LogP contribution in [-0.2, 0) is 15.4 Å². The number of halogens is 1. The zero-order valence-corrected chi connectivity index (χ0v) is 14.6. The van der Waals surface area contributed by atoms with E-state index in [0.717, 1.165) is 0 Å². The van der Waals surface area contributed by atoms with Gasteiger partial charge in [0.25, 0.3) is 0 Å². The predicted octanol–water partition coefficient (Wildman–Crippen LogP) is 1.67. The second-order valence-corrected chi connectivity index (χ2v) is 6.62. The molecule has 0 aliphatic carbocycles. The molecule has 0 aliphatic rings. The van der Waals surface area contributed by atoms with Crippen molar-refractivity contribution in [2.45, 2.75) is 6.92 Å². The van der Waals surface area contributed by atoms with E-state index in [0.29, 0.717) is 11.4 Å². The third-order valence-corrected chi connectivity index (χ3v) is 4.70. The highest BCUT2D eigenvalue weighted by atomic mass is 35.5. The van der Waals surface area contributed by atoms with Crippen LogP contribution in [0.2, 0.25) is 5.15 Å². The van der Waals surface area contributed by atoms with E-state index in [1.165, 1.54) is 15.8 Å². The van der Waals surface area contributed by atoms with Crippen molar-refractivity contribution in [2.75, 3.05) is 17.7 Å². The molecule has 2 aromatic heterocycles. The number of hydrogen-bond acceptors (Lipinski definition) is 6. The Morgan fingerprint density at radius 2 is 2.38 bits per heavy atom. The summed E-state index contributed by atoms with van der Waals surface area (Å²) in [6.45, 7) is 1.62. The van der Waals surface area contributed by atoms with Crippen LogP contribution in [0, 0.1) is 17.4 Å². The van der Waals surface area contributed by atoms with Gasteiger partial charge in [-0.05, 0) is 12.1 Å². The highest BCUT2D eigenvalue weighted by molar-refractivity contribution is 7.75. The SMILES string of the molecule is CC(C/[SH](=O)=N/C#N)C(=O)N(C)c1cn(-c2cccnc2)nc1Cl. The van der Waals surface area contributed by atoms with Crippen molar-refractivity contribution in [1.29, 1.82) is 5.26 Å². The van der Waals surface area contributed by atoms with Gasteiger partial charge in [-0.1, -0.05) is 18.5 Å². The second kappa shape index (κ2) is 7.90. The summed E-state index contributed by atoms with van der Waals surface area (Å²) < 4.78 is 16.3. The topological polar surface area (TPSA) is 104 Å². The predicted molar refractivity (Wildman–Crippen MR) is 91.4 cm³/mol. The van der Waals surface area contributed by atoms with Gasteiger partial charge >= 0.3 is 0 Å². The van der Waals surface area contributed by atoms with Crippen molar-refractivity contribution in [3.63, 3.8) is 0 Å². The summed E-state index contributed by atoms with van der Waals surface area (Å²) in [5.41, 5.74) is 1.13. The molecule has 0 fully saturated rings. The van der Waals surface area contributed by atoms with E-state index in [9.17, 15) is 9.00 Å². The highest BCUT2D eigenvalue weighted by Gasteiger charge is 2.23. The molecule has 24 heavy (non-hydrogen) atoms. The van der Waals surface area contributed by atoms with Gasteiger partial charge in [-0.15, -0.1) is 4.36 Å². The molecule has 0 aliphatic heterocycles. The zero-order chi connectivity index (χ0) is 17.7. The summed E-state index contributed by atoms with van der Waals surface area (Å²) in [6.07, 6.45) is 6.35. The molecule has 1 amide bonds. The fraction of sp³-hybridized carbons (Fsp3) is 0.286. The van der Waals surface area contributed by atoms with Crippen LogP contribution in [0.3, 0.4) is 0 Å². The van der Waals surface area contributed by atoms with Gasteiger partial charge in [0.1, 0.15) is 5.69 Å². The lowest BCUT2D eigenvalue weighted by atomic mass is 10.2. The van der Waals surface area contributed by atoms with Crippen molar-refractivity contribution in [1.82, 2.24) is 14.8 Å². The fourth-order valence-corrected chi connectivity index (χ4v) is 3.11. The van der Waals surface area contributed by atoms with E-state index in [1.54, 1.807) is 44.7 Å². The summed E-state index contributed by atoms with van der Waals surface area (Å²) >= 11 is 6.13. The molecule has 0 spiro atoms. The molecule has 0 aromatic carbocycles. The standard InChI is InChI=1S/C14H15ClN6O2S/c1-10(8-24(23)18-9-16)14(22)20(2)12-7-21(19-13(12)15)11-4-3-5-17-6-11/h3-7,10,24H,8H2,1-2H3. The molecule has 0 radical (unpaired) electrons. The van der Waals surface area contributed by atoms with Crippen LogP contribution in [0.5, 0.6) is 0 Å². The average molecular weight is 367 g/mol. The first kappa shape index (κ1) is 17.9. The number of amides is 1. The smallest absolute Gasteiger partial charge is 0.230 e. The maximum absolute atomic E-state index is 12.4. The zero-order valence-electron chi connectivity index (χ0n) is 13.0. The summed E-state index contributed by atoms with van der Waals surface area (Å²) in [5.74, 6) is -0.867. The maximum Gasteiger partial charge on any atom is 0.230 e. The quantitative estimate of drug-likeness (QED) is 0.640. The minimum absolute atomic E-state index is 0.000425. The first-order valence-corrected chi connectivity index (χ1v) is 8.69. The number of nitriles is 1. The average Bonchev–Trinajstić information content (AvgIpc) is 2.96. The van der Waals surface area contributed by atoms with Crippen LogP contribution >= 0.6 is 11.6 Å². The number of carbonyl (C=O) groups is 1. The van der Waals surface area contributed by atoms with Crippen molar-refractivity contribution in [3.8, 4) is 11.9 Å². The number of rotatable bonds is 5. The maximum atomic E-state index is 12.4. The van der Waals surface area contributed by atoms with Crippen molar-refractivity contribution >= 4 is 33.8 Å². The van der Waals surface area contributed by atoms with E-state index in [1.807, 2.05) is 0 Å². The van der Waals surface area contributed by atoms with Crippen LogP contribution in [0.4, 0.5) is 5.69 Å². The molecule has 0 N–H and O–H groups in total. The summed E-state index contributed by atoms with van der Waals surface area (Å²) in [7, 11) is -0.521. The van der Waals surface area contributed by atoms with Gasteiger partial charge in [0, 0.05) is 24.9 Å². The van der Waals surface area contributed by atoms with Crippen LogP contribution in [0.25, 0.3) is 5.69 Å². The van der Waals surface area contributed by atoms with E-state index >= 15 is 0 Å². The number of pyridine rings is 1. The summed E-state index contributed by atoms with van der Waals surface area (Å²) in [5, 5.41) is 12.7. The molecule has 10 heteroatoms. The van der Waals surface area contributed by atoms with Gasteiger partial charge in [-0.25, -0.2) is 4.68 Å². The van der Waals surface area contributed by atoms with Gasteiger partial charge in [-0.3, -0.25) is 14.0 Å². The minimum atomic E-state index is -2.08. The first-order chi connectivity index (χ1) is 11.4. The molecule has 2 unspecified atom stereocenters. The summed E-state index contributed by atoms with van der Waals surface area (Å²) in [6, 6.07) is 3.56. The highest BCUT2D eigenvalue weighted by Crippen LogP contribution is 2.26. The molecular formula is C14H15ClN6O2S. The Morgan fingerprint density at radius 3 is 3.00 bits per heavy atom. The molecule has 126 valence electrons. The monoisotopic (exact) mass is 366 g/mol. The van der Waals surface area contributed by atoms with Crippen molar-refractivity contribution < 1.29 is 9.00 Å². The van der Waals surface area contributed by atoms with E-state index in [2.05, 4.69) is 14.4 Å². The molecule has 0 saturated heterocycles. The molecule has 0 bridgehead atoms. The molecule has 2 rings (SSSR count). The third kappa shape index (κ3) is 4.10. The molecule has 2 atom stereocenters. The fourth-order valence-electron chi connectivity index (χ4n) is 2.04. The Kier molecular flexibility index (Phi) is 5.89. The van der Waals surface area contributed by atoms with Crippen LogP contribution < -0.4 is 4.90 Å². The Bertz CT molecular complexity index is 854. The molecule has 2 aromatic rings. The minimum Gasteiger partial charge on any atom is -0.311 e. The van der Waals surface area contributed by atoms with E-state index < -0.39 is 16.5 Å². The number of thiol groups is 1. The number of nitrogens with zero attached hydrogens (tertiary/aromatic N) is 6. The van der Waals surface area contributed by atoms with Crippen LogP contribution in [-0.4, -0.2) is 37.7 Å². The molecular weight excluding hydrogens is 352 g/mol. The lowest BCUT2D eigenvalue weighted by Crippen LogP contribution is -2.33. The normalized spacial score (nSPS) is 13.2. The number of hydrogen-bond donors (Lipinski definition) is 1. The lowest BCUT2D eigenvalue weighted by Gasteiger charge is -2.19. The van der Waals surface area contributed by atoms with Crippen LogP contribution in [0.1, 0.15) is 6.92 Å². The van der Waals surface area contributed by atoms with Crippen molar-refractivity contribution in [3.05, 3.63) is 35.9 Å². The van der Waals surface area contributed by atoms with Gasteiger partial charge < -0.3 is 4.90 Å². The number of anilines is 1. The van der Waals surface area contributed by atoms with E-state index in [-0.39, 0.29) is 16.8 Å². The molecule has 2 heterocycles. The molecule has 8 nitrogen and oxygen atoms in total. The second-order valence-electron chi connectivity index (χ2n) is 4.99. The largest absolute Gasteiger partial charge is 0.311 e. The van der Waals surface area contributed by atoms with Gasteiger partial charge in [0.2, 0.25) is 12.1 Å². The van der Waals surface area contributed by atoms with Crippen LogP contribution in [0.15, 0.2) is 35.1 Å². The Morgan fingerprint density at radius 1 is 1.62 bits per heavy atom. The Balaban J connectivity index is 2.21. The van der Waals surface area contributed by atoms with Gasteiger partial charge in [-0.2, -0.15) is 10.4 Å².